The van der Waals surface area contributed by atoms with Crippen molar-refractivity contribution in [2.45, 2.75) is 25.3 Å². The molecular formula is C23H22N4O4S. The lowest BCUT2D eigenvalue weighted by molar-refractivity contribution is 0.0459. The maximum atomic E-state index is 12.7. The van der Waals surface area contributed by atoms with Crippen LogP contribution in [0.4, 0.5) is 0 Å². The van der Waals surface area contributed by atoms with Crippen LogP contribution in [-0.4, -0.2) is 39.3 Å². The zero-order valence-electron chi connectivity index (χ0n) is 18.2. The van der Waals surface area contributed by atoms with Gasteiger partial charge in [0.25, 0.3) is 0 Å². The number of aromatic nitrogens is 4. The van der Waals surface area contributed by atoms with Crippen molar-refractivity contribution in [2.75, 3.05) is 13.4 Å². The highest BCUT2D eigenvalue weighted by Crippen LogP contribution is 2.30. The van der Waals surface area contributed by atoms with Gasteiger partial charge in [-0.3, -0.25) is 0 Å². The van der Waals surface area contributed by atoms with Gasteiger partial charge in [-0.1, -0.05) is 23.4 Å². The Kier molecular flexibility index (Phi) is 6.27. The summed E-state index contributed by atoms with van der Waals surface area (Å²) in [5, 5.41) is 8.16. The summed E-state index contributed by atoms with van der Waals surface area (Å²) in [7, 11) is 1.59. The summed E-state index contributed by atoms with van der Waals surface area (Å²) in [4.78, 5) is 18.2. The standard InChI is InChI=1S/C23H22N4O4S/c1-14-21(25-26-27(14)16-8-7-9-17(12-16)32-4)23(28)30-13-19-15(2)31-22(24-19)18-10-5-6-11-20(18)29-3/h5-12H,13H2,1-4H3. The second-order valence-electron chi connectivity index (χ2n) is 6.94. The van der Waals surface area contributed by atoms with Crippen LogP contribution in [0.2, 0.25) is 0 Å². The maximum absolute atomic E-state index is 12.7. The Labute approximate surface area is 189 Å². The van der Waals surface area contributed by atoms with Crippen molar-refractivity contribution in [3.8, 4) is 22.9 Å². The van der Waals surface area contributed by atoms with Crippen molar-refractivity contribution >= 4 is 17.7 Å². The molecule has 2 aromatic heterocycles. The number of nitrogens with zero attached hydrogens (tertiary/aromatic N) is 4. The topological polar surface area (TPSA) is 92.3 Å². The molecule has 0 atom stereocenters. The van der Waals surface area contributed by atoms with Crippen LogP contribution >= 0.6 is 11.8 Å². The van der Waals surface area contributed by atoms with E-state index in [0.717, 1.165) is 16.1 Å². The van der Waals surface area contributed by atoms with Gasteiger partial charge in [0.2, 0.25) is 5.89 Å². The third kappa shape index (κ3) is 4.24. The first kappa shape index (κ1) is 21.6. The summed E-state index contributed by atoms with van der Waals surface area (Å²) in [5.41, 5.74) is 2.83. The lowest BCUT2D eigenvalue weighted by Gasteiger charge is -2.05. The van der Waals surface area contributed by atoms with E-state index in [0.29, 0.717) is 28.8 Å². The molecule has 0 fully saturated rings. The fraction of sp³-hybridized carbons (Fsp3) is 0.217. The number of carbonyl (C=O) groups excluding carboxylic acids is 1. The molecule has 4 rings (SSSR count). The predicted molar refractivity (Wildman–Crippen MR) is 120 cm³/mol. The number of thioether (sulfide) groups is 1. The lowest BCUT2D eigenvalue weighted by Crippen LogP contribution is -2.09. The van der Waals surface area contributed by atoms with E-state index in [2.05, 4.69) is 15.3 Å². The minimum atomic E-state index is -0.573. The van der Waals surface area contributed by atoms with Crippen LogP contribution in [0.25, 0.3) is 17.1 Å². The van der Waals surface area contributed by atoms with Gasteiger partial charge in [-0.15, -0.1) is 16.9 Å². The minimum Gasteiger partial charge on any atom is -0.496 e. The van der Waals surface area contributed by atoms with Crippen molar-refractivity contribution in [1.29, 1.82) is 0 Å². The highest BCUT2D eigenvalue weighted by Gasteiger charge is 2.21. The summed E-state index contributed by atoms with van der Waals surface area (Å²) in [5.74, 6) is 1.04. The molecule has 9 heteroatoms. The van der Waals surface area contributed by atoms with Gasteiger partial charge in [-0.25, -0.2) is 14.5 Å². The smallest absolute Gasteiger partial charge is 0.361 e. The van der Waals surface area contributed by atoms with E-state index in [1.165, 1.54) is 0 Å². The Bertz CT molecular complexity index is 1260. The maximum Gasteiger partial charge on any atom is 0.361 e. The number of hydrogen-bond donors (Lipinski definition) is 0. The van der Waals surface area contributed by atoms with Gasteiger partial charge in [0.05, 0.1) is 24.1 Å². The van der Waals surface area contributed by atoms with E-state index >= 15 is 0 Å². The van der Waals surface area contributed by atoms with Crippen molar-refractivity contribution < 1.29 is 18.7 Å². The number of esters is 1. The number of carbonyl (C=O) groups is 1. The van der Waals surface area contributed by atoms with Gasteiger partial charge >= 0.3 is 5.97 Å². The zero-order chi connectivity index (χ0) is 22.7. The average molecular weight is 451 g/mol. The molecule has 4 aromatic rings. The number of hydrogen-bond acceptors (Lipinski definition) is 8. The third-order valence-corrected chi connectivity index (χ3v) is 5.68. The molecule has 164 valence electrons. The normalized spacial score (nSPS) is 10.9. The molecule has 0 spiro atoms. The van der Waals surface area contributed by atoms with E-state index < -0.39 is 5.97 Å². The molecule has 0 bridgehead atoms. The second kappa shape index (κ2) is 9.27. The zero-order valence-corrected chi connectivity index (χ0v) is 19.0. The summed E-state index contributed by atoms with van der Waals surface area (Å²) < 4.78 is 18.2. The number of oxazole rings is 1. The van der Waals surface area contributed by atoms with Crippen molar-refractivity contribution in [1.82, 2.24) is 20.0 Å². The van der Waals surface area contributed by atoms with Gasteiger partial charge in [0.15, 0.2) is 5.69 Å². The number of benzene rings is 2. The number of ether oxygens (including phenoxy) is 2. The third-order valence-electron chi connectivity index (χ3n) is 4.96. The lowest BCUT2D eigenvalue weighted by atomic mass is 10.2. The molecule has 0 radical (unpaired) electrons. The first-order valence-electron chi connectivity index (χ1n) is 9.85. The molecule has 0 aliphatic rings. The quantitative estimate of drug-likeness (QED) is 0.297. The molecule has 0 amide bonds. The Morgan fingerprint density at radius 1 is 1.16 bits per heavy atom. The molecule has 0 aliphatic heterocycles. The fourth-order valence-corrected chi connectivity index (χ4v) is 3.66. The Morgan fingerprint density at radius 3 is 2.75 bits per heavy atom. The van der Waals surface area contributed by atoms with Crippen LogP contribution < -0.4 is 4.74 Å². The molecule has 0 saturated heterocycles. The SMILES string of the molecule is COc1ccccc1-c1nc(COC(=O)c2nnn(-c3cccc(SC)c3)c2C)c(C)o1. The van der Waals surface area contributed by atoms with Gasteiger partial charge in [-0.05, 0) is 50.4 Å². The van der Waals surface area contributed by atoms with Crippen LogP contribution in [-0.2, 0) is 11.3 Å². The van der Waals surface area contributed by atoms with Crippen LogP contribution in [0, 0.1) is 13.8 Å². The van der Waals surface area contributed by atoms with Crippen molar-refractivity contribution in [3.05, 3.63) is 71.4 Å². The van der Waals surface area contributed by atoms with Gasteiger partial charge < -0.3 is 13.9 Å². The molecule has 2 aromatic carbocycles. The monoisotopic (exact) mass is 450 g/mol. The van der Waals surface area contributed by atoms with Crippen LogP contribution in [0.1, 0.15) is 27.6 Å². The average Bonchev–Trinajstić information content (AvgIpc) is 3.39. The number of methoxy groups -OCH3 is 1. The van der Waals surface area contributed by atoms with Crippen molar-refractivity contribution in [2.24, 2.45) is 0 Å². The van der Waals surface area contributed by atoms with Gasteiger partial charge in [-0.2, -0.15) is 0 Å². The predicted octanol–water partition coefficient (Wildman–Crippen LogP) is 4.63. The van der Waals surface area contributed by atoms with E-state index in [1.54, 1.807) is 37.4 Å². The van der Waals surface area contributed by atoms with E-state index in [1.807, 2.05) is 54.8 Å². The summed E-state index contributed by atoms with van der Waals surface area (Å²) in [6.07, 6.45) is 2.00. The summed E-state index contributed by atoms with van der Waals surface area (Å²) in [6.45, 7) is 3.51. The summed E-state index contributed by atoms with van der Waals surface area (Å²) >= 11 is 1.63. The Morgan fingerprint density at radius 2 is 1.97 bits per heavy atom. The van der Waals surface area contributed by atoms with Crippen LogP contribution in [0.3, 0.4) is 0 Å². The molecule has 0 N–H and O–H groups in total. The van der Waals surface area contributed by atoms with E-state index in [-0.39, 0.29) is 12.3 Å². The number of para-hydroxylation sites is 1. The Hall–Kier alpha value is -3.59. The molecule has 32 heavy (non-hydrogen) atoms. The molecular weight excluding hydrogens is 428 g/mol. The van der Waals surface area contributed by atoms with Gasteiger partial charge in [0.1, 0.15) is 23.8 Å². The number of rotatable bonds is 7. The van der Waals surface area contributed by atoms with Crippen LogP contribution in [0.5, 0.6) is 5.75 Å². The largest absolute Gasteiger partial charge is 0.496 e. The highest BCUT2D eigenvalue weighted by molar-refractivity contribution is 7.98. The highest BCUT2D eigenvalue weighted by atomic mass is 32.2. The Balaban J connectivity index is 1.50. The van der Waals surface area contributed by atoms with E-state index in [9.17, 15) is 4.79 Å². The fourth-order valence-electron chi connectivity index (χ4n) is 3.21. The van der Waals surface area contributed by atoms with E-state index in [4.69, 9.17) is 13.9 Å². The molecule has 8 nitrogen and oxygen atoms in total. The molecule has 0 unspecified atom stereocenters. The molecule has 0 saturated carbocycles. The van der Waals surface area contributed by atoms with Gasteiger partial charge in [0, 0.05) is 4.90 Å². The first-order valence-corrected chi connectivity index (χ1v) is 11.1. The first-order chi connectivity index (χ1) is 15.5. The molecule has 2 heterocycles. The summed E-state index contributed by atoms with van der Waals surface area (Å²) in [6, 6.07) is 15.3. The van der Waals surface area contributed by atoms with Crippen LogP contribution in [0.15, 0.2) is 57.8 Å². The number of aryl methyl sites for hydroxylation is 1. The van der Waals surface area contributed by atoms with Crippen molar-refractivity contribution in [3.63, 3.8) is 0 Å². The minimum absolute atomic E-state index is 0.0441. The molecule has 0 aliphatic carbocycles. The second-order valence-corrected chi connectivity index (χ2v) is 7.81.